The number of nitrogens with zero attached hydrogens (tertiary/aromatic N) is 7. The molecule has 8 nitrogen and oxygen atoms in total. The molecule has 4 heterocycles. The molecule has 31 heavy (non-hydrogen) atoms. The predicted octanol–water partition coefficient (Wildman–Crippen LogP) is 2.79. The number of fused-ring (bicyclic) bond motifs is 2. The van der Waals surface area contributed by atoms with Gasteiger partial charge >= 0.3 is 6.03 Å². The Morgan fingerprint density at radius 3 is 2.74 bits per heavy atom. The third-order valence-corrected chi connectivity index (χ3v) is 6.80. The van der Waals surface area contributed by atoms with Gasteiger partial charge in [-0.1, -0.05) is 31.2 Å². The summed E-state index contributed by atoms with van der Waals surface area (Å²) >= 11 is 0. The van der Waals surface area contributed by atoms with Gasteiger partial charge in [-0.2, -0.15) is 9.61 Å². The van der Waals surface area contributed by atoms with Gasteiger partial charge in [0.25, 0.3) is 0 Å². The van der Waals surface area contributed by atoms with Crippen LogP contribution in [0.3, 0.4) is 0 Å². The molecule has 2 aliphatic rings. The lowest BCUT2D eigenvalue weighted by Crippen LogP contribution is -2.41. The van der Waals surface area contributed by atoms with Crippen LogP contribution >= 0.6 is 0 Å². The van der Waals surface area contributed by atoms with Gasteiger partial charge in [-0.15, -0.1) is 10.2 Å². The van der Waals surface area contributed by atoms with E-state index >= 15 is 0 Å². The number of hydrogen-bond donors (Lipinski definition) is 0. The van der Waals surface area contributed by atoms with E-state index in [1.165, 1.54) is 11.1 Å². The minimum Gasteiger partial charge on any atom is -0.368 e. The van der Waals surface area contributed by atoms with Crippen LogP contribution in [0.4, 0.5) is 10.5 Å². The fourth-order valence-electron chi connectivity index (χ4n) is 5.28. The van der Waals surface area contributed by atoms with Gasteiger partial charge in [0.15, 0.2) is 0 Å². The molecular weight excluding hydrogens is 390 g/mol. The number of aromatic nitrogens is 4. The molecule has 0 saturated carbocycles. The van der Waals surface area contributed by atoms with E-state index in [0.717, 1.165) is 43.1 Å². The Balaban J connectivity index is 1.52. The summed E-state index contributed by atoms with van der Waals surface area (Å²) in [5.41, 5.74) is 5.40. The van der Waals surface area contributed by atoms with Gasteiger partial charge in [-0.05, 0) is 30.5 Å². The smallest absolute Gasteiger partial charge is 0.320 e. The first-order valence-electron chi connectivity index (χ1n) is 11.0. The number of benzene rings is 1. The summed E-state index contributed by atoms with van der Waals surface area (Å²) in [6, 6.07) is 10.8. The van der Waals surface area contributed by atoms with E-state index in [2.05, 4.69) is 69.3 Å². The number of aryl methyl sites for hydroxylation is 2. The Kier molecular flexibility index (Phi) is 4.79. The number of rotatable bonds is 3. The van der Waals surface area contributed by atoms with Crippen molar-refractivity contribution in [2.45, 2.75) is 26.3 Å². The Morgan fingerprint density at radius 2 is 2.00 bits per heavy atom. The van der Waals surface area contributed by atoms with Crippen LogP contribution in [-0.4, -0.2) is 69.4 Å². The highest BCUT2D eigenvalue weighted by Crippen LogP contribution is 2.47. The lowest BCUT2D eigenvalue weighted by molar-refractivity contribution is 0.159. The van der Waals surface area contributed by atoms with E-state index < -0.39 is 0 Å². The Hall–Kier alpha value is -3.16. The SMILES string of the molecule is CCc1cc(N2C[C@@H]3CN(C(=O)N(C)C)[C@@H](c4ccccc4C)[C@@H]3C2)c2nncn2n1. The molecule has 0 aliphatic carbocycles. The van der Waals surface area contributed by atoms with Crippen molar-refractivity contribution in [2.24, 2.45) is 11.8 Å². The first-order chi connectivity index (χ1) is 15.0. The summed E-state index contributed by atoms with van der Waals surface area (Å²) < 4.78 is 1.78. The molecule has 2 aromatic heterocycles. The van der Waals surface area contributed by atoms with Crippen LogP contribution in [0.25, 0.3) is 5.65 Å². The Bertz CT molecular complexity index is 1120. The molecule has 0 radical (unpaired) electrons. The third kappa shape index (κ3) is 3.21. The van der Waals surface area contributed by atoms with Crippen molar-refractivity contribution in [3.63, 3.8) is 0 Å². The zero-order valence-electron chi connectivity index (χ0n) is 18.6. The minimum absolute atomic E-state index is 0.0764. The van der Waals surface area contributed by atoms with Crippen LogP contribution < -0.4 is 4.90 Å². The number of likely N-dealkylation sites (tertiary alicyclic amines) is 1. The maximum Gasteiger partial charge on any atom is 0.320 e. The Morgan fingerprint density at radius 1 is 1.19 bits per heavy atom. The maximum absolute atomic E-state index is 13.1. The highest BCUT2D eigenvalue weighted by Gasteiger charge is 2.50. The molecule has 0 bridgehead atoms. The molecule has 0 N–H and O–H groups in total. The number of hydrogen-bond acceptors (Lipinski definition) is 5. The van der Waals surface area contributed by atoms with E-state index in [0.29, 0.717) is 11.8 Å². The fraction of sp³-hybridized carbons (Fsp3) is 0.478. The molecule has 1 aromatic carbocycles. The minimum atomic E-state index is 0.0764. The second-order valence-corrected chi connectivity index (χ2v) is 8.93. The van der Waals surface area contributed by atoms with Gasteiger partial charge in [-0.3, -0.25) is 0 Å². The summed E-state index contributed by atoms with van der Waals surface area (Å²) in [4.78, 5) is 19.2. The van der Waals surface area contributed by atoms with Crippen molar-refractivity contribution in [1.29, 1.82) is 0 Å². The molecular formula is C23H29N7O. The zero-order chi connectivity index (χ0) is 21.7. The first-order valence-corrected chi connectivity index (χ1v) is 11.0. The average molecular weight is 420 g/mol. The van der Waals surface area contributed by atoms with Crippen LogP contribution in [0.5, 0.6) is 0 Å². The largest absolute Gasteiger partial charge is 0.368 e. The van der Waals surface area contributed by atoms with Crippen molar-refractivity contribution in [2.75, 3.05) is 38.6 Å². The van der Waals surface area contributed by atoms with Crippen LogP contribution in [-0.2, 0) is 6.42 Å². The van der Waals surface area contributed by atoms with E-state index in [-0.39, 0.29) is 12.1 Å². The van der Waals surface area contributed by atoms with E-state index in [1.54, 1.807) is 15.7 Å². The molecule has 0 spiro atoms. The second-order valence-electron chi connectivity index (χ2n) is 8.93. The monoisotopic (exact) mass is 419 g/mol. The fourth-order valence-corrected chi connectivity index (χ4v) is 5.28. The van der Waals surface area contributed by atoms with Gasteiger partial charge in [0.2, 0.25) is 5.65 Å². The molecule has 2 amide bonds. The van der Waals surface area contributed by atoms with Crippen molar-refractivity contribution in [3.05, 3.63) is 53.5 Å². The molecule has 2 fully saturated rings. The molecule has 3 aromatic rings. The van der Waals surface area contributed by atoms with Crippen molar-refractivity contribution in [3.8, 4) is 0 Å². The van der Waals surface area contributed by atoms with Crippen molar-refractivity contribution in [1.82, 2.24) is 29.6 Å². The van der Waals surface area contributed by atoms with Gasteiger partial charge < -0.3 is 14.7 Å². The molecule has 8 heteroatoms. The average Bonchev–Trinajstić information content (AvgIpc) is 3.47. The van der Waals surface area contributed by atoms with Gasteiger partial charge in [0, 0.05) is 45.6 Å². The highest BCUT2D eigenvalue weighted by molar-refractivity contribution is 5.75. The number of anilines is 1. The Labute approximate surface area is 182 Å². The number of amides is 2. The molecule has 3 atom stereocenters. The summed E-state index contributed by atoms with van der Waals surface area (Å²) in [6.45, 7) is 6.81. The second kappa shape index (κ2) is 7.51. The van der Waals surface area contributed by atoms with Crippen LogP contribution in [0.2, 0.25) is 0 Å². The molecule has 2 saturated heterocycles. The summed E-state index contributed by atoms with van der Waals surface area (Å²) in [5.74, 6) is 0.779. The maximum atomic E-state index is 13.1. The van der Waals surface area contributed by atoms with E-state index in [9.17, 15) is 4.79 Å². The van der Waals surface area contributed by atoms with Crippen LogP contribution in [0.15, 0.2) is 36.7 Å². The summed E-state index contributed by atoms with van der Waals surface area (Å²) in [7, 11) is 3.67. The molecule has 0 unspecified atom stereocenters. The van der Waals surface area contributed by atoms with Crippen molar-refractivity contribution >= 4 is 17.4 Å². The molecule has 162 valence electrons. The normalized spacial score (nSPS) is 22.9. The standard InChI is InChI=1S/C23H29N7O/c1-5-17-10-20(22-25-24-14-30(22)26-17)28-11-16-12-29(23(31)27(3)4)21(19(16)13-28)18-9-7-6-8-15(18)2/h6-10,14,16,19,21H,5,11-13H2,1-4H3/t16-,19-,21+/m1/s1. The predicted molar refractivity (Wildman–Crippen MR) is 119 cm³/mol. The quantitative estimate of drug-likeness (QED) is 0.653. The van der Waals surface area contributed by atoms with E-state index in [4.69, 9.17) is 0 Å². The first kappa shape index (κ1) is 19.8. The lowest BCUT2D eigenvalue weighted by atomic mass is 9.88. The van der Waals surface area contributed by atoms with Crippen LogP contribution in [0.1, 0.15) is 29.8 Å². The zero-order valence-corrected chi connectivity index (χ0v) is 18.6. The van der Waals surface area contributed by atoms with Gasteiger partial charge in [-0.25, -0.2) is 4.79 Å². The van der Waals surface area contributed by atoms with Gasteiger partial charge in [0.1, 0.15) is 6.33 Å². The third-order valence-electron chi connectivity index (χ3n) is 6.80. The van der Waals surface area contributed by atoms with Crippen LogP contribution in [0, 0.1) is 18.8 Å². The molecule has 5 rings (SSSR count). The van der Waals surface area contributed by atoms with Crippen molar-refractivity contribution < 1.29 is 4.79 Å². The number of carbonyl (C=O) groups is 1. The number of carbonyl (C=O) groups excluding carboxylic acids is 1. The number of urea groups is 1. The van der Waals surface area contributed by atoms with E-state index in [1.807, 2.05) is 14.1 Å². The highest BCUT2D eigenvalue weighted by atomic mass is 16.2. The topological polar surface area (TPSA) is 69.9 Å². The molecule has 2 aliphatic heterocycles. The lowest BCUT2D eigenvalue weighted by Gasteiger charge is -2.33. The summed E-state index contributed by atoms with van der Waals surface area (Å²) in [5, 5.41) is 13.0. The summed E-state index contributed by atoms with van der Waals surface area (Å²) in [6.07, 6.45) is 2.53. The van der Waals surface area contributed by atoms with Gasteiger partial charge in [0.05, 0.1) is 17.4 Å².